The molecule has 104 valence electrons. The minimum absolute atomic E-state index is 0.169. The summed E-state index contributed by atoms with van der Waals surface area (Å²) in [6.07, 6.45) is 3.09. The number of rotatable bonds is 3. The van der Waals surface area contributed by atoms with Crippen LogP contribution >= 0.6 is 11.3 Å². The van der Waals surface area contributed by atoms with Gasteiger partial charge in [0.2, 0.25) is 5.91 Å². The van der Waals surface area contributed by atoms with Crippen LogP contribution in [0.3, 0.4) is 0 Å². The quantitative estimate of drug-likeness (QED) is 0.901. The number of hydrogen-bond acceptors (Lipinski definition) is 4. The average molecular weight is 280 g/mol. The van der Waals surface area contributed by atoms with E-state index in [1.165, 1.54) is 10.4 Å². The van der Waals surface area contributed by atoms with Gasteiger partial charge in [-0.15, -0.1) is 11.3 Å². The van der Waals surface area contributed by atoms with Gasteiger partial charge in [0.15, 0.2) is 0 Å². The number of hydrogen-bond donors (Lipinski definition) is 1. The highest BCUT2D eigenvalue weighted by atomic mass is 32.1. The molecular formula is C14H20N2O2S. The van der Waals surface area contributed by atoms with Gasteiger partial charge < -0.3 is 10.0 Å². The summed E-state index contributed by atoms with van der Waals surface area (Å²) in [5.74, 6) is 0.206. The maximum absolute atomic E-state index is 12.4. The number of fused-ring (bicyclic) bond motifs is 1. The number of nitrogens with zero attached hydrogens (tertiary/aromatic N) is 2. The summed E-state index contributed by atoms with van der Waals surface area (Å²) in [6, 6.07) is 2.32. The largest absolute Gasteiger partial charge is 0.395 e. The maximum atomic E-state index is 12.4. The molecule has 0 spiro atoms. The fourth-order valence-corrected chi connectivity index (χ4v) is 3.93. The van der Waals surface area contributed by atoms with Crippen LogP contribution in [0.15, 0.2) is 11.4 Å². The van der Waals surface area contributed by atoms with Gasteiger partial charge in [-0.3, -0.25) is 9.69 Å². The Morgan fingerprint density at radius 3 is 3.21 bits per heavy atom. The van der Waals surface area contributed by atoms with Gasteiger partial charge in [0.05, 0.1) is 13.2 Å². The second-order valence-corrected chi connectivity index (χ2v) is 6.38. The van der Waals surface area contributed by atoms with E-state index in [1.54, 1.807) is 11.3 Å². The van der Waals surface area contributed by atoms with E-state index in [9.17, 15) is 9.90 Å². The van der Waals surface area contributed by atoms with Crippen LogP contribution in [0.25, 0.3) is 0 Å². The van der Waals surface area contributed by atoms with Crippen molar-refractivity contribution in [2.45, 2.75) is 31.8 Å². The predicted octanol–water partition coefficient (Wildman–Crippen LogP) is 1.09. The Balaban J connectivity index is 1.59. The summed E-state index contributed by atoms with van der Waals surface area (Å²) in [5, 5.41) is 11.4. The zero-order valence-electron chi connectivity index (χ0n) is 11.0. The Bertz CT molecular complexity index is 460. The van der Waals surface area contributed by atoms with Gasteiger partial charge in [-0.1, -0.05) is 0 Å². The monoisotopic (exact) mass is 280 g/mol. The van der Waals surface area contributed by atoms with Crippen LogP contribution in [0.1, 0.15) is 23.3 Å². The smallest absolute Gasteiger partial charge is 0.237 e. The molecular weight excluding hydrogens is 260 g/mol. The molecule has 2 aliphatic heterocycles. The summed E-state index contributed by atoms with van der Waals surface area (Å²) in [5.41, 5.74) is 1.31. The van der Waals surface area contributed by atoms with Crippen LogP contribution < -0.4 is 0 Å². The fraction of sp³-hybridized carbons (Fsp3) is 0.643. The lowest BCUT2D eigenvalue weighted by molar-refractivity contribution is -0.133. The zero-order chi connectivity index (χ0) is 13.2. The molecule has 0 saturated carbocycles. The van der Waals surface area contributed by atoms with Crippen molar-refractivity contribution in [1.82, 2.24) is 9.80 Å². The van der Waals surface area contributed by atoms with Crippen LogP contribution in [0.4, 0.5) is 0 Å². The molecule has 0 bridgehead atoms. The first kappa shape index (κ1) is 13.1. The number of amides is 1. The highest BCUT2D eigenvalue weighted by molar-refractivity contribution is 7.10. The van der Waals surface area contributed by atoms with Crippen molar-refractivity contribution in [3.05, 3.63) is 21.9 Å². The Morgan fingerprint density at radius 1 is 1.47 bits per heavy atom. The van der Waals surface area contributed by atoms with Gasteiger partial charge in [-0.25, -0.2) is 0 Å². The molecule has 1 N–H and O–H groups in total. The van der Waals surface area contributed by atoms with Crippen molar-refractivity contribution in [2.75, 3.05) is 26.2 Å². The molecule has 1 saturated heterocycles. The van der Waals surface area contributed by atoms with Gasteiger partial charge in [0, 0.05) is 24.0 Å². The van der Waals surface area contributed by atoms with E-state index in [2.05, 4.69) is 16.3 Å². The lowest BCUT2D eigenvalue weighted by atomic mass is 10.1. The third-order valence-corrected chi connectivity index (χ3v) is 5.23. The normalized spacial score (nSPS) is 23.6. The summed E-state index contributed by atoms with van der Waals surface area (Å²) in [6.45, 7) is 3.17. The van der Waals surface area contributed by atoms with E-state index in [0.29, 0.717) is 6.54 Å². The molecule has 1 aromatic heterocycles. The van der Waals surface area contributed by atoms with Crippen LogP contribution in [-0.2, 0) is 17.8 Å². The summed E-state index contributed by atoms with van der Waals surface area (Å²) < 4.78 is 0. The van der Waals surface area contributed by atoms with E-state index < -0.39 is 0 Å². The van der Waals surface area contributed by atoms with Crippen LogP contribution in [0, 0.1) is 0 Å². The van der Waals surface area contributed by atoms with Crippen LogP contribution in [-0.4, -0.2) is 53.1 Å². The number of carbonyl (C=O) groups excluding carboxylic acids is 1. The van der Waals surface area contributed by atoms with Crippen LogP contribution in [0.2, 0.25) is 0 Å². The van der Waals surface area contributed by atoms with Gasteiger partial charge >= 0.3 is 0 Å². The molecule has 4 nitrogen and oxygen atoms in total. The van der Waals surface area contributed by atoms with E-state index in [-0.39, 0.29) is 18.6 Å². The van der Waals surface area contributed by atoms with Crippen molar-refractivity contribution < 1.29 is 9.90 Å². The molecule has 2 aliphatic rings. The lowest BCUT2D eigenvalue weighted by Crippen LogP contribution is -2.44. The average Bonchev–Trinajstić information content (AvgIpc) is 3.05. The molecule has 1 amide bonds. The lowest BCUT2D eigenvalue weighted by Gasteiger charge is -2.30. The molecule has 1 fully saturated rings. The van der Waals surface area contributed by atoms with Crippen LogP contribution in [0.5, 0.6) is 0 Å². The Labute approximate surface area is 117 Å². The first-order valence-electron chi connectivity index (χ1n) is 6.96. The Hall–Kier alpha value is -0.910. The molecule has 3 heterocycles. The number of likely N-dealkylation sites (tertiary alicyclic amines) is 1. The van der Waals surface area contributed by atoms with Crippen molar-refractivity contribution in [1.29, 1.82) is 0 Å². The van der Waals surface area contributed by atoms with Gasteiger partial charge in [0.25, 0.3) is 0 Å². The molecule has 0 aliphatic carbocycles. The number of carbonyl (C=O) groups is 1. The highest BCUT2D eigenvalue weighted by Crippen LogP contribution is 2.24. The highest BCUT2D eigenvalue weighted by Gasteiger charge is 2.28. The minimum atomic E-state index is 0.169. The second kappa shape index (κ2) is 5.61. The molecule has 0 unspecified atom stereocenters. The molecule has 19 heavy (non-hydrogen) atoms. The summed E-state index contributed by atoms with van der Waals surface area (Å²) in [4.78, 5) is 17.9. The second-order valence-electron chi connectivity index (χ2n) is 5.38. The van der Waals surface area contributed by atoms with Gasteiger partial charge in [0.1, 0.15) is 0 Å². The van der Waals surface area contributed by atoms with Gasteiger partial charge in [-0.2, -0.15) is 0 Å². The van der Waals surface area contributed by atoms with Gasteiger partial charge in [-0.05, 0) is 42.8 Å². The minimum Gasteiger partial charge on any atom is -0.395 e. The predicted molar refractivity (Wildman–Crippen MR) is 75.1 cm³/mol. The van der Waals surface area contributed by atoms with E-state index in [1.807, 2.05) is 4.90 Å². The molecule has 1 atom stereocenters. The molecule has 5 heteroatoms. The van der Waals surface area contributed by atoms with E-state index in [0.717, 1.165) is 38.9 Å². The Morgan fingerprint density at radius 2 is 2.37 bits per heavy atom. The number of aliphatic hydroxyl groups excluding tert-OH is 1. The Kier molecular flexibility index (Phi) is 3.86. The van der Waals surface area contributed by atoms with E-state index in [4.69, 9.17) is 0 Å². The summed E-state index contributed by atoms with van der Waals surface area (Å²) >= 11 is 1.79. The van der Waals surface area contributed by atoms with Crippen molar-refractivity contribution >= 4 is 17.2 Å². The molecule has 1 aromatic rings. The number of aliphatic hydroxyl groups is 1. The number of thiophene rings is 1. The molecule has 3 rings (SSSR count). The zero-order valence-corrected chi connectivity index (χ0v) is 11.9. The SMILES string of the molecule is O=C(CN1CCC[C@H]1CO)N1CCc2sccc2C1. The topological polar surface area (TPSA) is 43.8 Å². The third kappa shape index (κ3) is 2.68. The third-order valence-electron chi connectivity index (χ3n) is 4.21. The van der Waals surface area contributed by atoms with Crippen molar-refractivity contribution in [2.24, 2.45) is 0 Å². The first-order valence-corrected chi connectivity index (χ1v) is 7.84. The molecule has 0 radical (unpaired) electrons. The van der Waals surface area contributed by atoms with E-state index >= 15 is 0 Å². The first-order chi connectivity index (χ1) is 9.28. The summed E-state index contributed by atoms with van der Waals surface area (Å²) in [7, 11) is 0. The standard InChI is InChI=1S/C14H20N2O2S/c17-10-12-2-1-5-15(12)9-14(18)16-6-3-13-11(8-16)4-7-19-13/h4,7,12,17H,1-3,5-6,8-10H2/t12-/m0/s1. The molecule has 0 aromatic carbocycles. The van der Waals surface area contributed by atoms with Crippen molar-refractivity contribution in [3.63, 3.8) is 0 Å². The van der Waals surface area contributed by atoms with Crippen molar-refractivity contribution in [3.8, 4) is 0 Å². The fourth-order valence-electron chi connectivity index (χ4n) is 3.05. The maximum Gasteiger partial charge on any atom is 0.237 e.